The summed E-state index contributed by atoms with van der Waals surface area (Å²) in [6, 6.07) is 2.00. The molecule has 2 atom stereocenters. The second-order valence-electron chi connectivity index (χ2n) is 9.53. The quantitative estimate of drug-likeness (QED) is 0.715. The SMILES string of the molecule is Cn1ccc(/C=C/C(=O)N2CC34CCCC3(C2)CN(C(=O)/C=C/c2cnn(C)c2)C4)c1. The highest BCUT2D eigenvalue weighted by Gasteiger charge is 2.65. The molecule has 1 aliphatic carbocycles. The highest BCUT2D eigenvalue weighted by atomic mass is 16.2. The van der Waals surface area contributed by atoms with Crippen LogP contribution in [0.4, 0.5) is 0 Å². The first-order chi connectivity index (χ1) is 14.9. The van der Waals surface area contributed by atoms with Crippen molar-refractivity contribution in [3.63, 3.8) is 0 Å². The van der Waals surface area contributed by atoms with E-state index in [9.17, 15) is 9.59 Å². The Kier molecular flexibility index (Phi) is 4.64. The minimum absolute atomic E-state index is 0.0427. The summed E-state index contributed by atoms with van der Waals surface area (Å²) in [4.78, 5) is 29.8. The van der Waals surface area contributed by atoms with Gasteiger partial charge >= 0.3 is 0 Å². The number of amides is 2. The molecule has 7 heteroatoms. The van der Waals surface area contributed by atoms with Gasteiger partial charge < -0.3 is 14.4 Å². The van der Waals surface area contributed by atoms with E-state index in [1.807, 2.05) is 65.3 Å². The standard InChI is InChI=1S/C24H29N5O2/c1-26-11-8-19(13-26)4-6-21(30)28-15-23-9-3-10-24(23,16-28)18-29(17-23)22(31)7-5-20-12-25-27(2)14-20/h4-8,11-14H,3,9-10,15-18H2,1-2H3/b6-4+,7-5+. The fraction of sp³-hybridized carbons (Fsp3) is 0.458. The summed E-state index contributed by atoms with van der Waals surface area (Å²) in [5, 5.41) is 4.14. The van der Waals surface area contributed by atoms with Crippen molar-refractivity contribution in [3.8, 4) is 0 Å². The van der Waals surface area contributed by atoms with E-state index in [4.69, 9.17) is 0 Å². The van der Waals surface area contributed by atoms with Crippen LogP contribution in [0, 0.1) is 10.8 Å². The Hall–Kier alpha value is -3.09. The van der Waals surface area contributed by atoms with Crippen molar-refractivity contribution in [1.82, 2.24) is 24.1 Å². The molecule has 3 fully saturated rings. The van der Waals surface area contributed by atoms with E-state index < -0.39 is 0 Å². The van der Waals surface area contributed by atoms with Crippen LogP contribution in [0.2, 0.25) is 0 Å². The molecule has 0 radical (unpaired) electrons. The molecule has 0 spiro atoms. The first kappa shape index (κ1) is 19.8. The van der Waals surface area contributed by atoms with Gasteiger partial charge in [-0.25, -0.2) is 0 Å². The lowest BCUT2D eigenvalue weighted by atomic mass is 9.71. The summed E-state index contributed by atoms with van der Waals surface area (Å²) < 4.78 is 3.70. The van der Waals surface area contributed by atoms with E-state index >= 15 is 0 Å². The van der Waals surface area contributed by atoms with E-state index in [1.54, 1.807) is 23.0 Å². The van der Waals surface area contributed by atoms with Crippen molar-refractivity contribution in [2.75, 3.05) is 26.2 Å². The fourth-order valence-electron chi connectivity index (χ4n) is 5.96. The van der Waals surface area contributed by atoms with Gasteiger partial charge in [0.1, 0.15) is 0 Å². The molecule has 162 valence electrons. The van der Waals surface area contributed by atoms with Gasteiger partial charge in [0.2, 0.25) is 11.8 Å². The van der Waals surface area contributed by atoms with E-state index in [0.29, 0.717) is 0 Å². The summed E-state index contributed by atoms with van der Waals surface area (Å²) in [5.41, 5.74) is 2.04. The lowest BCUT2D eigenvalue weighted by Gasteiger charge is -2.29. The van der Waals surface area contributed by atoms with Crippen molar-refractivity contribution < 1.29 is 9.59 Å². The van der Waals surface area contributed by atoms with Gasteiger partial charge in [0, 0.05) is 87.4 Å². The molecule has 5 rings (SSSR count). The van der Waals surface area contributed by atoms with E-state index in [-0.39, 0.29) is 22.6 Å². The van der Waals surface area contributed by atoms with Crippen molar-refractivity contribution in [3.05, 3.63) is 54.1 Å². The third-order valence-corrected chi connectivity index (χ3v) is 7.45. The highest BCUT2D eigenvalue weighted by molar-refractivity contribution is 5.93. The molecule has 1 saturated carbocycles. The van der Waals surface area contributed by atoms with Gasteiger partial charge in [-0.05, 0) is 36.6 Å². The van der Waals surface area contributed by atoms with Crippen LogP contribution in [0.15, 0.2) is 43.0 Å². The Balaban J connectivity index is 1.27. The zero-order chi connectivity index (χ0) is 21.6. The minimum atomic E-state index is 0.0427. The summed E-state index contributed by atoms with van der Waals surface area (Å²) in [6.07, 6.45) is 18.1. The lowest BCUT2D eigenvalue weighted by molar-refractivity contribution is -0.127. The van der Waals surface area contributed by atoms with Crippen LogP contribution in [-0.4, -0.2) is 62.1 Å². The number of carbonyl (C=O) groups is 2. The zero-order valence-electron chi connectivity index (χ0n) is 18.2. The first-order valence-electron chi connectivity index (χ1n) is 10.9. The molecule has 2 saturated heterocycles. The molecule has 0 N–H and O–H groups in total. The summed E-state index contributed by atoms with van der Waals surface area (Å²) in [5.74, 6) is 0.133. The Morgan fingerprint density at radius 1 is 0.903 bits per heavy atom. The molecule has 2 aromatic rings. The molecule has 0 bridgehead atoms. The Bertz CT molecular complexity index is 979. The Morgan fingerprint density at radius 2 is 1.48 bits per heavy atom. The van der Waals surface area contributed by atoms with Gasteiger partial charge in [0.15, 0.2) is 0 Å². The van der Waals surface area contributed by atoms with E-state index in [2.05, 4.69) is 5.10 Å². The van der Waals surface area contributed by atoms with Gasteiger partial charge in [0.25, 0.3) is 0 Å². The molecular formula is C24H29N5O2. The molecule has 2 aliphatic heterocycles. The van der Waals surface area contributed by atoms with Gasteiger partial charge in [-0.1, -0.05) is 6.42 Å². The predicted octanol–water partition coefficient (Wildman–Crippen LogP) is 2.33. The topological polar surface area (TPSA) is 63.4 Å². The number of nitrogens with zero attached hydrogens (tertiary/aromatic N) is 5. The number of hydrogen-bond donors (Lipinski definition) is 0. The molecule has 3 aliphatic rings. The molecule has 31 heavy (non-hydrogen) atoms. The maximum Gasteiger partial charge on any atom is 0.246 e. The monoisotopic (exact) mass is 419 g/mol. The third kappa shape index (κ3) is 3.42. The second-order valence-corrected chi connectivity index (χ2v) is 9.53. The van der Waals surface area contributed by atoms with Gasteiger partial charge in [-0.3, -0.25) is 14.3 Å². The van der Waals surface area contributed by atoms with Crippen molar-refractivity contribution in [2.45, 2.75) is 19.3 Å². The van der Waals surface area contributed by atoms with Crippen molar-refractivity contribution >= 4 is 24.0 Å². The van der Waals surface area contributed by atoms with Crippen LogP contribution in [0.1, 0.15) is 30.4 Å². The summed E-state index contributed by atoms with van der Waals surface area (Å²) in [7, 11) is 3.84. The minimum Gasteiger partial charge on any atom is -0.357 e. The van der Waals surface area contributed by atoms with Crippen LogP contribution in [0.5, 0.6) is 0 Å². The molecule has 2 unspecified atom stereocenters. The molecule has 7 nitrogen and oxygen atoms in total. The number of carbonyl (C=O) groups excluding carboxylic acids is 2. The van der Waals surface area contributed by atoms with Gasteiger partial charge in [0.05, 0.1) is 6.20 Å². The van der Waals surface area contributed by atoms with Crippen LogP contribution >= 0.6 is 0 Å². The Labute approximate surface area is 182 Å². The van der Waals surface area contributed by atoms with E-state index in [1.165, 1.54) is 6.42 Å². The van der Waals surface area contributed by atoms with Crippen molar-refractivity contribution in [2.24, 2.45) is 24.9 Å². The second kappa shape index (κ2) is 7.25. The zero-order valence-corrected chi connectivity index (χ0v) is 18.2. The van der Waals surface area contributed by atoms with Crippen LogP contribution < -0.4 is 0 Å². The number of hydrogen-bond acceptors (Lipinski definition) is 3. The number of likely N-dealkylation sites (tertiary alicyclic amines) is 2. The van der Waals surface area contributed by atoms with Crippen LogP contribution in [0.25, 0.3) is 12.2 Å². The maximum absolute atomic E-state index is 12.9. The number of aromatic nitrogens is 3. The van der Waals surface area contributed by atoms with Crippen LogP contribution in [-0.2, 0) is 23.7 Å². The highest BCUT2D eigenvalue weighted by Crippen LogP contribution is 2.61. The van der Waals surface area contributed by atoms with Crippen LogP contribution in [0.3, 0.4) is 0 Å². The van der Waals surface area contributed by atoms with E-state index in [0.717, 1.165) is 50.1 Å². The molecule has 0 aromatic carbocycles. The maximum atomic E-state index is 12.9. The normalized spacial score (nSPS) is 27.5. The summed E-state index contributed by atoms with van der Waals surface area (Å²) in [6.45, 7) is 2.99. The average molecular weight is 420 g/mol. The Morgan fingerprint density at radius 3 is 1.97 bits per heavy atom. The van der Waals surface area contributed by atoms with Gasteiger partial charge in [-0.15, -0.1) is 0 Å². The summed E-state index contributed by atoms with van der Waals surface area (Å²) >= 11 is 0. The van der Waals surface area contributed by atoms with Crippen molar-refractivity contribution in [1.29, 1.82) is 0 Å². The predicted molar refractivity (Wildman–Crippen MR) is 119 cm³/mol. The average Bonchev–Trinajstić information content (AvgIpc) is 3.48. The molecule has 2 aromatic heterocycles. The smallest absolute Gasteiger partial charge is 0.246 e. The number of aryl methyl sites for hydroxylation is 2. The number of rotatable bonds is 4. The molecule has 4 heterocycles. The first-order valence-corrected chi connectivity index (χ1v) is 10.9. The lowest BCUT2D eigenvalue weighted by Crippen LogP contribution is -2.38. The molecular weight excluding hydrogens is 390 g/mol. The fourth-order valence-corrected chi connectivity index (χ4v) is 5.96. The molecule has 2 amide bonds. The largest absolute Gasteiger partial charge is 0.357 e. The van der Waals surface area contributed by atoms with Gasteiger partial charge in [-0.2, -0.15) is 5.10 Å². The third-order valence-electron chi connectivity index (χ3n) is 7.45.